The van der Waals surface area contributed by atoms with E-state index in [9.17, 15) is 4.79 Å². The smallest absolute Gasteiger partial charge is 0.349 e. The van der Waals surface area contributed by atoms with E-state index in [1.54, 1.807) is 12.1 Å². The summed E-state index contributed by atoms with van der Waals surface area (Å²) in [6.45, 7) is 0. The summed E-state index contributed by atoms with van der Waals surface area (Å²) in [6, 6.07) is 16.5. The molecule has 112 valence electrons. The number of halogens is 1. The van der Waals surface area contributed by atoms with Crippen molar-refractivity contribution in [2.45, 2.75) is 0 Å². The van der Waals surface area contributed by atoms with E-state index < -0.39 is 5.63 Å². The summed E-state index contributed by atoms with van der Waals surface area (Å²) in [6.07, 6.45) is 0. The van der Waals surface area contributed by atoms with Gasteiger partial charge in [-0.15, -0.1) is 0 Å². The van der Waals surface area contributed by atoms with Gasteiger partial charge >= 0.3 is 5.63 Å². The highest BCUT2D eigenvalue weighted by atomic mass is 79.9. The van der Waals surface area contributed by atoms with E-state index >= 15 is 0 Å². The molecule has 0 aliphatic heterocycles. The average molecular weight is 369 g/mol. The van der Waals surface area contributed by atoms with E-state index in [0.29, 0.717) is 11.4 Å². The first kappa shape index (κ1) is 13.9. The lowest BCUT2D eigenvalue weighted by Crippen LogP contribution is -2.02. The highest BCUT2D eigenvalue weighted by Gasteiger charge is 2.16. The molecule has 23 heavy (non-hydrogen) atoms. The van der Waals surface area contributed by atoms with Crippen LogP contribution in [0.2, 0.25) is 0 Å². The third kappa shape index (κ3) is 2.57. The van der Waals surface area contributed by atoms with Crippen LogP contribution >= 0.6 is 15.9 Å². The first-order valence-electron chi connectivity index (χ1n) is 6.83. The van der Waals surface area contributed by atoms with E-state index in [1.165, 1.54) is 0 Å². The van der Waals surface area contributed by atoms with Crippen LogP contribution < -0.4 is 5.63 Å². The minimum absolute atomic E-state index is 0.138. The van der Waals surface area contributed by atoms with Gasteiger partial charge in [-0.05, 0) is 24.3 Å². The Bertz CT molecular complexity index is 1070. The minimum Gasteiger partial charge on any atom is -0.422 e. The molecule has 0 bridgehead atoms. The Morgan fingerprint density at radius 3 is 2.74 bits per heavy atom. The summed E-state index contributed by atoms with van der Waals surface area (Å²) >= 11 is 3.40. The van der Waals surface area contributed by atoms with E-state index in [1.807, 2.05) is 42.5 Å². The molecule has 0 radical (unpaired) electrons. The fourth-order valence-electron chi connectivity index (χ4n) is 2.29. The Kier molecular flexibility index (Phi) is 3.31. The molecule has 2 aromatic heterocycles. The topological polar surface area (TPSA) is 69.1 Å². The molecule has 0 atom stereocenters. The molecular formula is C17H9BrN2O3. The molecule has 0 fully saturated rings. The molecule has 6 heteroatoms. The number of para-hydroxylation sites is 1. The van der Waals surface area contributed by atoms with Gasteiger partial charge in [0.25, 0.3) is 5.89 Å². The lowest BCUT2D eigenvalue weighted by Gasteiger charge is -1.97. The molecule has 0 amide bonds. The Morgan fingerprint density at radius 2 is 1.87 bits per heavy atom. The van der Waals surface area contributed by atoms with Crippen molar-refractivity contribution in [1.82, 2.24) is 10.1 Å². The zero-order valence-electron chi connectivity index (χ0n) is 11.7. The van der Waals surface area contributed by atoms with Crippen molar-refractivity contribution in [3.63, 3.8) is 0 Å². The van der Waals surface area contributed by atoms with Gasteiger partial charge in [0.2, 0.25) is 5.82 Å². The van der Waals surface area contributed by atoms with Crippen molar-refractivity contribution < 1.29 is 8.94 Å². The van der Waals surface area contributed by atoms with E-state index in [0.717, 1.165) is 15.4 Å². The van der Waals surface area contributed by atoms with Crippen LogP contribution in [0.25, 0.3) is 33.8 Å². The predicted octanol–water partition coefficient (Wildman–Crippen LogP) is 4.27. The number of hydrogen-bond donors (Lipinski definition) is 0. The molecule has 0 spiro atoms. The quantitative estimate of drug-likeness (QED) is 0.494. The van der Waals surface area contributed by atoms with Gasteiger partial charge < -0.3 is 8.94 Å². The number of fused-ring (bicyclic) bond motifs is 1. The summed E-state index contributed by atoms with van der Waals surface area (Å²) in [5, 5.41) is 4.73. The normalized spacial score (nSPS) is 11.0. The van der Waals surface area contributed by atoms with Gasteiger partial charge in [0.05, 0.1) is 0 Å². The summed E-state index contributed by atoms with van der Waals surface area (Å²) in [4.78, 5) is 16.4. The van der Waals surface area contributed by atoms with Crippen molar-refractivity contribution in [2.75, 3.05) is 0 Å². The summed E-state index contributed by atoms with van der Waals surface area (Å²) in [5.41, 5.74) is 1.05. The molecule has 0 saturated heterocycles. The van der Waals surface area contributed by atoms with Gasteiger partial charge in [0.1, 0.15) is 11.1 Å². The van der Waals surface area contributed by atoms with E-state index in [-0.39, 0.29) is 11.5 Å². The second kappa shape index (κ2) is 5.48. The number of hydrogen-bond acceptors (Lipinski definition) is 5. The Labute approximate surface area is 138 Å². The zero-order valence-corrected chi connectivity index (χ0v) is 13.3. The van der Waals surface area contributed by atoms with Crippen LogP contribution in [-0.2, 0) is 0 Å². The number of benzene rings is 2. The molecule has 2 heterocycles. The largest absolute Gasteiger partial charge is 0.422 e. The SMILES string of the molecule is O=c1oc2ccccc2cc1-c1nc(-c2cccc(Br)c2)no1. The van der Waals surface area contributed by atoms with Crippen LogP contribution in [0.4, 0.5) is 0 Å². The van der Waals surface area contributed by atoms with E-state index in [2.05, 4.69) is 26.1 Å². The predicted molar refractivity (Wildman–Crippen MR) is 88.9 cm³/mol. The lowest BCUT2D eigenvalue weighted by molar-refractivity contribution is 0.429. The van der Waals surface area contributed by atoms with E-state index in [4.69, 9.17) is 8.94 Å². The van der Waals surface area contributed by atoms with Gasteiger partial charge in [-0.3, -0.25) is 0 Å². The van der Waals surface area contributed by atoms with Gasteiger partial charge in [-0.25, -0.2) is 4.79 Å². The lowest BCUT2D eigenvalue weighted by atomic mass is 10.2. The zero-order chi connectivity index (χ0) is 15.8. The molecular weight excluding hydrogens is 360 g/mol. The van der Waals surface area contributed by atoms with Crippen LogP contribution in [0.1, 0.15) is 0 Å². The van der Waals surface area contributed by atoms with Crippen molar-refractivity contribution >= 4 is 26.9 Å². The Balaban J connectivity index is 1.83. The van der Waals surface area contributed by atoms with Crippen molar-refractivity contribution in [3.8, 4) is 22.8 Å². The second-order valence-corrected chi connectivity index (χ2v) is 5.83. The highest BCUT2D eigenvalue weighted by Crippen LogP contribution is 2.24. The third-order valence-electron chi connectivity index (χ3n) is 3.38. The average Bonchev–Trinajstić information content (AvgIpc) is 3.04. The molecule has 4 aromatic rings. The van der Waals surface area contributed by atoms with Crippen molar-refractivity contribution in [1.29, 1.82) is 0 Å². The van der Waals surface area contributed by atoms with Gasteiger partial charge in [0, 0.05) is 15.4 Å². The summed E-state index contributed by atoms with van der Waals surface area (Å²) < 4.78 is 11.4. The van der Waals surface area contributed by atoms with Crippen LogP contribution in [0.15, 0.2) is 72.8 Å². The Hall–Kier alpha value is -2.73. The second-order valence-electron chi connectivity index (χ2n) is 4.92. The maximum absolute atomic E-state index is 12.1. The van der Waals surface area contributed by atoms with Crippen LogP contribution in [-0.4, -0.2) is 10.1 Å². The molecule has 4 rings (SSSR count). The molecule has 2 aromatic carbocycles. The number of rotatable bonds is 2. The fraction of sp³-hybridized carbons (Fsp3) is 0. The van der Waals surface area contributed by atoms with Gasteiger partial charge in [-0.1, -0.05) is 51.4 Å². The molecule has 5 nitrogen and oxygen atoms in total. The fourth-order valence-corrected chi connectivity index (χ4v) is 2.69. The van der Waals surface area contributed by atoms with Crippen molar-refractivity contribution in [3.05, 3.63) is 69.5 Å². The molecule has 0 aliphatic carbocycles. The maximum Gasteiger partial charge on any atom is 0.349 e. The minimum atomic E-state index is -0.506. The first-order chi connectivity index (χ1) is 11.2. The number of nitrogens with zero attached hydrogens (tertiary/aromatic N) is 2. The molecule has 0 N–H and O–H groups in total. The molecule has 0 unspecified atom stereocenters. The van der Waals surface area contributed by atoms with Gasteiger partial charge in [-0.2, -0.15) is 4.98 Å². The molecule has 0 saturated carbocycles. The van der Waals surface area contributed by atoms with Crippen LogP contribution in [0.3, 0.4) is 0 Å². The van der Waals surface area contributed by atoms with Crippen LogP contribution in [0, 0.1) is 0 Å². The van der Waals surface area contributed by atoms with Crippen molar-refractivity contribution in [2.24, 2.45) is 0 Å². The summed E-state index contributed by atoms with van der Waals surface area (Å²) in [7, 11) is 0. The maximum atomic E-state index is 12.1. The summed E-state index contributed by atoms with van der Waals surface area (Å²) in [5.74, 6) is 0.549. The standard InChI is InChI=1S/C17H9BrN2O3/c18-12-6-3-5-11(8-12)15-19-16(23-20-15)13-9-10-4-1-2-7-14(10)22-17(13)21/h1-9H. The molecule has 0 aliphatic rings. The third-order valence-corrected chi connectivity index (χ3v) is 3.87. The first-order valence-corrected chi connectivity index (χ1v) is 7.63. The monoisotopic (exact) mass is 368 g/mol. The highest BCUT2D eigenvalue weighted by molar-refractivity contribution is 9.10. The Morgan fingerprint density at radius 1 is 1.00 bits per heavy atom. The van der Waals surface area contributed by atoms with Crippen LogP contribution in [0.5, 0.6) is 0 Å². The van der Waals surface area contributed by atoms with Gasteiger partial charge in [0.15, 0.2) is 0 Å². The number of aromatic nitrogens is 2.